The second-order valence-corrected chi connectivity index (χ2v) is 24.6. The Bertz CT molecular complexity index is 3350. The highest BCUT2D eigenvalue weighted by Crippen LogP contribution is 2.41. The minimum Gasteiger partial charge on any atom is -0.493 e. The van der Waals surface area contributed by atoms with Gasteiger partial charge in [0.25, 0.3) is 0 Å². The largest absolute Gasteiger partial charge is 0.493 e. The number of anilines is 1. The van der Waals surface area contributed by atoms with Crippen molar-refractivity contribution in [3.8, 4) is 34.1 Å². The number of piperidine rings is 1. The van der Waals surface area contributed by atoms with Crippen molar-refractivity contribution >= 4 is 45.8 Å². The minimum atomic E-state index is 0.0988. The Morgan fingerprint density at radius 2 is 1.42 bits per heavy atom. The number of amides is 1. The van der Waals surface area contributed by atoms with E-state index in [0.29, 0.717) is 128 Å². The molecule has 1 amide bonds. The van der Waals surface area contributed by atoms with Crippen LogP contribution >= 0.6 is 23.2 Å². The Morgan fingerprint density at radius 1 is 0.728 bits per heavy atom. The van der Waals surface area contributed by atoms with E-state index in [0.717, 1.165) is 146 Å². The quantitative estimate of drug-likeness (QED) is 0.0371. The van der Waals surface area contributed by atoms with Gasteiger partial charge in [0.15, 0.2) is 23.0 Å². The van der Waals surface area contributed by atoms with Gasteiger partial charge in [-0.15, -0.1) is 5.10 Å². The molecule has 92 heavy (non-hydrogen) atoms. The van der Waals surface area contributed by atoms with Gasteiger partial charge in [0.1, 0.15) is 18.2 Å². The van der Waals surface area contributed by atoms with Gasteiger partial charge < -0.3 is 57.9 Å². The number of carbonyl (C=O) groups is 1. The minimum absolute atomic E-state index is 0.0988. The fourth-order valence-corrected chi connectivity index (χ4v) is 12.4. The number of likely N-dealkylation sites (N-methyl/N-ethyl adjacent to an activating group) is 1. The number of nitrogens with zero attached hydrogens (tertiary/aromatic N) is 10. The number of likely N-dealkylation sites (tertiary alicyclic amines) is 1. The predicted molar refractivity (Wildman–Crippen MR) is 360 cm³/mol. The maximum absolute atomic E-state index is 12.9. The molecule has 1 N–H and O–H groups in total. The fraction of sp³-hybridized carbons (Fsp3) is 0.500. The molecule has 2 saturated heterocycles. The standard InChI is InChI=1S/C70H91Cl2N11O9/c1-5-67(84)82-33-37-91-69-57(48-82)44-56(55-17-22-63(85-3)64(45-55)86-4)46-65(69)92-51-52-10-8-26-79(47-52)27-23-60-49-83(77-76-60)34-36-88-39-41-90-43-42-89-40-38-87-35-32-78(2)25-9-24-73-70-61-11-6-7-12-62(61)74-66(75-70)50-80-28-30-81(31-29-80)68(53-13-18-58(71)19-14-53)54-15-20-59(72)21-16-54/h6-7,11-22,44-46,49,52,68H,5,8-10,23-43,47-48,50-51H2,1-4H3,(H,73,74,75)/t52-/m0/s1. The van der Waals surface area contributed by atoms with Crippen LogP contribution in [0.4, 0.5) is 5.82 Å². The number of aromatic nitrogens is 5. The van der Waals surface area contributed by atoms with E-state index in [2.05, 4.69) is 84.7 Å². The zero-order valence-corrected chi connectivity index (χ0v) is 55.5. The van der Waals surface area contributed by atoms with Crippen molar-refractivity contribution in [1.82, 2.24) is 49.5 Å². The summed E-state index contributed by atoms with van der Waals surface area (Å²) in [6.07, 6.45) is 6.40. The van der Waals surface area contributed by atoms with Crippen molar-refractivity contribution < 1.29 is 42.7 Å². The Labute approximate surface area is 552 Å². The van der Waals surface area contributed by atoms with E-state index in [-0.39, 0.29) is 11.9 Å². The lowest BCUT2D eigenvalue weighted by atomic mass is 9.96. The van der Waals surface area contributed by atoms with Gasteiger partial charge >= 0.3 is 0 Å². The topological polar surface area (TPSA) is 176 Å². The third kappa shape index (κ3) is 19.9. The first kappa shape index (κ1) is 68.2. The lowest BCUT2D eigenvalue weighted by molar-refractivity contribution is -0.131. The normalized spacial score (nSPS) is 15.8. The number of nitrogens with one attached hydrogen (secondary N) is 1. The molecule has 7 aromatic rings. The van der Waals surface area contributed by atoms with Crippen LogP contribution in [-0.4, -0.2) is 215 Å². The Balaban J connectivity index is 0.547. The van der Waals surface area contributed by atoms with Gasteiger partial charge in [-0.2, -0.15) is 0 Å². The van der Waals surface area contributed by atoms with Crippen LogP contribution in [-0.2, 0) is 49.8 Å². The molecule has 0 spiro atoms. The summed E-state index contributed by atoms with van der Waals surface area (Å²) in [5.41, 5.74) is 7.17. The molecule has 0 aliphatic carbocycles. The van der Waals surface area contributed by atoms with E-state index in [4.69, 9.17) is 71.1 Å². The van der Waals surface area contributed by atoms with Crippen molar-refractivity contribution in [2.24, 2.45) is 5.92 Å². The zero-order chi connectivity index (χ0) is 63.9. The molecule has 3 aliphatic heterocycles. The highest BCUT2D eigenvalue weighted by molar-refractivity contribution is 6.30. The van der Waals surface area contributed by atoms with Gasteiger partial charge in [0.2, 0.25) is 5.91 Å². The molecule has 0 bridgehead atoms. The van der Waals surface area contributed by atoms with Crippen LogP contribution in [0.1, 0.15) is 66.9 Å². The highest BCUT2D eigenvalue weighted by Gasteiger charge is 2.29. The summed E-state index contributed by atoms with van der Waals surface area (Å²) >= 11 is 12.6. The summed E-state index contributed by atoms with van der Waals surface area (Å²) in [5.74, 6) is 4.86. The molecule has 5 heterocycles. The van der Waals surface area contributed by atoms with E-state index in [9.17, 15) is 4.79 Å². The van der Waals surface area contributed by atoms with Gasteiger partial charge in [0, 0.05) is 105 Å². The molecule has 5 aromatic carbocycles. The second-order valence-electron chi connectivity index (χ2n) is 23.7. The summed E-state index contributed by atoms with van der Waals surface area (Å²) < 4.78 is 49.2. The van der Waals surface area contributed by atoms with Crippen LogP contribution in [0.5, 0.6) is 23.0 Å². The number of benzene rings is 5. The van der Waals surface area contributed by atoms with Crippen molar-refractivity contribution in [2.45, 2.75) is 64.7 Å². The van der Waals surface area contributed by atoms with Gasteiger partial charge in [-0.1, -0.05) is 77.8 Å². The number of piperazine rings is 1. The molecular weight excluding hydrogens is 1210 g/mol. The van der Waals surface area contributed by atoms with Crippen LogP contribution < -0.4 is 24.3 Å². The molecule has 10 rings (SSSR count). The van der Waals surface area contributed by atoms with Crippen LogP contribution in [0.2, 0.25) is 10.0 Å². The number of rotatable bonds is 35. The van der Waals surface area contributed by atoms with Crippen molar-refractivity contribution in [2.75, 3.05) is 165 Å². The number of methoxy groups -OCH3 is 2. The van der Waals surface area contributed by atoms with E-state index in [1.807, 2.05) is 83.4 Å². The van der Waals surface area contributed by atoms with Gasteiger partial charge in [-0.3, -0.25) is 14.6 Å². The number of hydrogen-bond donors (Lipinski definition) is 1. The molecule has 1 atom stereocenters. The maximum atomic E-state index is 12.9. The van der Waals surface area contributed by atoms with E-state index < -0.39 is 0 Å². The average molecular weight is 1300 g/mol. The number of fused-ring (bicyclic) bond motifs is 2. The molecule has 22 heteroatoms. The maximum Gasteiger partial charge on any atom is 0.222 e. The molecule has 0 radical (unpaired) electrons. The summed E-state index contributed by atoms with van der Waals surface area (Å²) in [6, 6.07) is 34.8. The monoisotopic (exact) mass is 1300 g/mol. The lowest BCUT2D eigenvalue weighted by Crippen LogP contribution is -2.47. The predicted octanol–water partition coefficient (Wildman–Crippen LogP) is 10.1. The number of carbonyl (C=O) groups excluding carboxylic acids is 1. The van der Waals surface area contributed by atoms with Gasteiger partial charge in [-0.05, 0) is 122 Å². The average Bonchev–Trinajstić information content (AvgIpc) is 1.14. The third-order valence-corrected chi connectivity index (χ3v) is 17.7. The Kier molecular flexibility index (Phi) is 26.3. The molecule has 0 unspecified atom stereocenters. The highest BCUT2D eigenvalue weighted by atomic mass is 35.5. The summed E-state index contributed by atoms with van der Waals surface area (Å²) in [4.78, 5) is 34.6. The first-order valence-corrected chi connectivity index (χ1v) is 33.4. The van der Waals surface area contributed by atoms with Crippen LogP contribution in [0.3, 0.4) is 0 Å². The van der Waals surface area contributed by atoms with E-state index >= 15 is 0 Å². The number of halogens is 2. The van der Waals surface area contributed by atoms with Gasteiger partial charge in [-0.25, -0.2) is 14.6 Å². The summed E-state index contributed by atoms with van der Waals surface area (Å²) in [6.45, 7) is 18.3. The third-order valence-electron chi connectivity index (χ3n) is 17.2. The van der Waals surface area contributed by atoms with Crippen molar-refractivity contribution in [3.05, 3.63) is 148 Å². The molecule has 3 aliphatic rings. The van der Waals surface area contributed by atoms with Crippen LogP contribution in [0.15, 0.2) is 109 Å². The van der Waals surface area contributed by atoms with Gasteiger partial charge in [0.05, 0.1) is 111 Å². The number of para-hydroxylation sites is 1. The van der Waals surface area contributed by atoms with Crippen LogP contribution in [0.25, 0.3) is 22.0 Å². The lowest BCUT2D eigenvalue weighted by Gasteiger charge is -2.39. The van der Waals surface area contributed by atoms with Crippen molar-refractivity contribution in [3.63, 3.8) is 0 Å². The number of ether oxygens (including phenoxy) is 8. The molecular formula is C70H91Cl2N11O9. The molecule has 20 nitrogen and oxygen atoms in total. The van der Waals surface area contributed by atoms with Crippen molar-refractivity contribution in [1.29, 1.82) is 0 Å². The summed E-state index contributed by atoms with van der Waals surface area (Å²) in [5, 5.41) is 15.0. The molecule has 494 valence electrons. The van der Waals surface area contributed by atoms with E-state index in [1.54, 1.807) is 14.2 Å². The fourth-order valence-electron chi connectivity index (χ4n) is 12.2. The van der Waals surface area contributed by atoms with E-state index in [1.165, 1.54) is 11.1 Å². The first-order valence-electron chi connectivity index (χ1n) is 32.6. The summed E-state index contributed by atoms with van der Waals surface area (Å²) in [7, 11) is 5.39. The first-order chi connectivity index (χ1) is 45.1. The second kappa shape index (κ2) is 35.5. The SMILES string of the molecule is CCC(=O)N1CCOc2c(cc(-c3ccc(OC)c(OC)c3)cc2OC[C@H]2CCCN(CCc3cn(CCOCCOCCOCCOCCN(C)CCCNc4nc(CN5CCN(C(c6ccc(Cl)cc6)c6ccc(Cl)cc6)CC5)nc5ccccc45)nn3)C2)C1. The smallest absolute Gasteiger partial charge is 0.222 e. The zero-order valence-electron chi connectivity index (χ0n) is 54.0. The molecule has 2 aromatic heterocycles. The molecule has 2 fully saturated rings. The Morgan fingerprint density at radius 3 is 2.14 bits per heavy atom. The van der Waals surface area contributed by atoms with Crippen LogP contribution in [0, 0.1) is 5.92 Å². The Hall–Kier alpha value is -6.69. The molecule has 0 saturated carbocycles. The number of hydrogen-bond acceptors (Lipinski definition) is 18.